The normalized spacial score (nSPS) is 21.5. The van der Waals surface area contributed by atoms with Crippen LogP contribution in [-0.4, -0.2) is 38.5 Å². The van der Waals surface area contributed by atoms with E-state index in [9.17, 15) is 0 Å². The van der Waals surface area contributed by atoms with E-state index in [-0.39, 0.29) is 12.4 Å². The Morgan fingerprint density at radius 1 is 1.62 bits per heavy atom. The third kappa shape index (κ3) is 2.55. The summed E-state index contributed by atoms with van der Waals surface area (Å²) < 4.78 is 1.71. The lowest BCUT2D eigenvalue weighted by Gasteiger charge is -2.04. The molecule has 1 aliphatic heterocycles. The van der Waals surface area contributed by atoms with Crippen molar-refractivity contribution in [2.45, 2.75) is 16.8 Å². The van der Waals surface area contributed by atoms with E-state index in [0.717, 1.165) is 18.2 Å². The Bertz CT molecular complexity index is 259. The molecule has 0 spiro atoms. The van der Waals surface area contributed by atoms with Gasteiger partial charge in [-0.05, 0) is 23.4 Å². The smallest absolute Gasteiger partial charge is 0.209 e. The van der Waals surface area contributed by atoms with Crippen LogP contribution in [0.4, 0.5) is 0 Å². The van der Waals surface area contributed by atoms with Crippen LogP contribution < -0.4 is 5.32 Å². The first-order valence-corrected chi connectivity index (χ1v) is 4.84. The molecule has 74 valence electrons. The summed E-state index contributed by atoms with van der Waals surface area (Å²) in [6.07, 6.45) is 1.21. The molecule has 1 aliphatic rings. The van der Waals surface area contributed by atoms with E-state index < -0.39 is 0 Å². The first-order valence-electron chi connectivity index (χ1n) is 3.96. The van der Waals surface area contributed by atoms with Crippen LogP contribution in [0.1, 0.15) is 6.42 Å². The topological polar surface area (TPSA) is 55.6 Å². The molecule has 1 atom stereocenters. The second-order valence-electron chi connectivity index (χ2n) is 2.82. The van der Waals surface area contributed by atoms with Crippen molar-refractivity contribution in [3.8, 4) is 0 Å². The highest BCUT2D eigenvalue weighted by molar-refractivity contribution is 7.99. The molecular formula is C6H12ClN5S. The van der Waals surface area contributed by atoms with Gasteiger partial charge in [0, 0.05) is 18.8 Å². The molecule has 0 aromatic carbocycles. The highest BCUT2D eigenvalue weighted by Crippen LogP contribution is 2.23. The van der Waals surface area contributed by atoms with Crippen LogP contribution in [0.15, 0.2) is 5.16 Å². The highest BCUT2D eigenvalue weighted by atomic mass is 35.5. The molecule has 0 saturated carbocycles. The van der Waals surface area contributed by atoms with Crippen LogP contribution in [0, 0.1) is 0 Å². The standard InChI is InChI=1S/C6H11N5S.ClH/c1-11-6(8-9-10-11)12-5-2-3-7-4-5;/h5,7H,2-4H2,1H3;1H. The number of rotatable bonds is 2. The van der Waals surface area contributed by atoms with Gasteiger partial charge in [0.1, 0.15) is 0 Å². The zero-order valence-electron chi connectivity index (χ0n) is 7.30. The third-order valence-electron chi connectivity index (χ3n) is 1.87. The Morgan fingerprint density at radius 2 is 2.46 bits per heavy atom. The molecule has 1 saturated heterocycles. The lowest BCUT2D eigenvalue weighted by molar-refractivity contribution is 0.663. The van der Waals surface area contributed by atoms with Crippen LogP contribution in [0.2, 0.25) is 0 Å². The van der Waals surface area contributed by atoms with Gasteiger partial charge in [-0.3, -0.25) is 0 Å². The quantitative estimate of drug-likeness (QED) is 0.767. The molecule has 5 nitrogen and oxygen atoms in total. The number of nitrogens with zero attached hydrogens (tertiary/aromatic N) is 4. The molecule has 0 bridgehead atoms. The van der Waals surface area contributed by atoms with E-state index in [0.29, 0.717) is 5.25 Å². The van der Waals surface area contributed by atoms with Crippen molar-refractivity contribution in [2.75, 3.05) is 13.1 Å². The number of halogens is 1. The van der Waals surface area contributed by atoms with Gasteiger partial charge in [0.15, 0.2) is 0 Å². The molecule has 13 heavy (non-hydrogen) atoms. The van der Waals surface area contributed by atoms with Crippen LogP contribution in [0.5, 0.6) is 0 Å². The highest BCUT2D eigenvalue weighted by Gasteiger charge is 2.17. The minimum Gasteiger partial charge on any atom is -0.316 e. The van der Waals surface area contributed by atoms with Crippen LogP contribution >= 0.6 is 24.2 Å². The van der Waals surface area contributed by atoms with Crippen LogP contribution in [-0.2, 0) is 7.05 Å². The maximum atomic E-state index is 3.92. The van der Waals surface area contributed by atoms with Crippen molar-refractivity contribution >= 4 is 24.2 Å². The van der Waals surface area contributed by atoms with E-state index in [4.69, 9.17) is 0 Å². The van der Waals surface area contributed by atoms with Crippen molar-refractivity contribution < 1.29 is 0 Å². The molecule has 1 aromatic rings. The Labute approximate surface area is 87.1 Å². The van der Waals surface area contributed by atoms with Gasteiger partial charge < -0.3 is 5.32 Å². The van der Waals surface area contributed by atoms with Gasteiger partial charge in [-0.15, -0.1) is 17.5 Å². The zero-order valence-corrected chi connectivity index (χ0v) is 8.94. The molecule has 1 N–H and O–H groups in total. The van der Waals surface area contributed by atoms with Crippen molar-refractivity contribution in [1.29, 1.82) is 0 Å². The number of aryl methyl sites for hydroxylation is 1. The summed E-state index contributed by atoms with van der Waals surface area (Å²) in [5.74, 6) is 0. The summed E-state index contributed by atoms with van der Waals surface area (Å²) >= 11 is 1.75. The van der Waals surface area contributed by atoms with Gasteiger partial charge in [-0.1, -0.05) is 11.8 Å². The van der Waals surface area contributed by atoms with Crippen molar-refractivity contribution in [3.05, 3.63) is 0 Å². The lowest BCUT2D eigenvalue weighted by atomic mass is 10.4. The molecule has 2 heterocycles. The molecule has 0 amide bonds. The average molecular weight is 222 g/mol. The van der Waals surface area contributed by atoms with Gasteiger partial charge in [0.05, 0.1) is 0 Å². The molecule has 0 radical (unpaired) electrons. The fourth-order valence-corrected chi connectivity index (χ4v) is 2.21. The number of hydrogen-bond donors (Lipinski definition) is 1. The fourth-order valence-electron chi connectivity index (χ4n) is 1.20. The Morgan fingerprint density at radius 3 is 3.00 bits per heavy atom. The minimum absolute atomic E-state index is 0. The number of nitrogens with one attached hydrogen (secondary N) is 1. The predicted molar refractivity (Wildman–Crippen MR) is 53.2 cm³/mol. The molecule has 0 aliphatic carbocycles. The van der Waals surface area contributed by atoms with Gasteiger partial charge >= 0.3 is 0 Å². The summed E-state index contributed by atoms with van der Waals surface area (Å²) in [4.78, 5) is 0. The maximum Gasteiger partial charge on any atom is 0.209 e. The summed E-state index contributed by atoms with van der Waals surface area (Å²) in [6.45, 7) is 2.18. The molecule has 7 heteroatoms. The van der Waals surface area contributed by atoms with Crippen LogP contribution in [0.25, 0.3) is 0 Å². The molecule has 1 fully saturated rings. The molecule has 1 aromatic heterocycles. The summed E-state index contributed by atoms with van der Waals surface area (Å²) in [7, 11) is 1.87. The van der Waals surface area contributed by atoms with E-state index in [1.807, 2.05) is 7.05 Å². The number of tetrazole rings is 1. The summed E-state index contributed by atoms with van der Waals surface area (Å²) in [5.41, 5.74) is 0. The summed E-state index contributed by atoms with van der Waals surface area (Å²) in [5, 5.41) is 16.1. The Kier molecular flexibility index (Phi) is 3.95. The van der Waals surface area contributed by atoms with Gasteiger partial charge in [0.25, 0.3) is 0 Å². The summed E-state index contributed by atoms with van der Waals surface area (Å²) in [6, 6.07) is 0. The molecule has 1 unspecified atom stereocenters. The van der Waals surface area contributed by atoms with Crippen molar-refractivity contribution in [2.24, 2.45) is 7.05 Å². The Balaban J connectivity index is 0.000000845. The van der Waals surface area contributed by atoms with Gasteiger partial charge in [0.2, 0.25) is 5.16 Å². The number of thioether (sulfide) groups is 1. The monoisotopic (exact) mass is 221 g/mol. The number of aromatic nitrogens is 4. The molecule has 2 rings (SSSR count). The third-order valence-corrected chi connectivity index (χ3v) is 3.16. The number of hydrogen-bond acceptors (Lipinski definition) is 5. The largest absolute Gasteiger partial charge is 0.316 e. The van der Waals surface area contributed by atoms with Crippen molar-refractivity contribution in [1.82, 2.24) is 25.5 Å². The Hall–Kier alpha value is -0.330. The average Bonchev–Trinajstić information content (AvgIpc) is 2.65. The predicted octanol–water partition coefficient (Wildman–Crippen LogP) is 0.0859. The minimum atomic E-state index is 0. The second-order valence-corrected chi connectivity index (χ2v) is 4.09. The first-order chi connectivity index (χ1) is 5.86. The van der Waals surface area contributed by atoms with E-state index in [1.165, 1.54) is 6.42 Å². The molecular weight excluding hydrogens is 210 g/mol. The van der Waals surface area contributed by atoms with E-state index in [2.05, 4.69) is 20.8 Å². The van der Waals surface area contributed by atoms with Crippen LogP contribution in [0.3, 0.4) is 0 Å². The second kappa shape index (κ2) is 4.78. The van der Waals surface area contributed by atoms with Gasteiger partial charge in [-0.25, -0.2) is 4.68 Å². The SMILES string of the molecule is Cl.Cn1nnnc1SC1CCNC1. The van der Waals surface area contributed by atoms with E-state index >= 15 is 0 Å². The van der Waals surface area contributed by atoms with Crippen molar-refractivity contribution in [3.63, 3.8) is 0 Å². The zero-order chi connectivity index (χ0) is 8.39. The van der Waals surface area contributed by atoms with E-state index in [1.54, 1.807) is 16.4 Å². The fraction of sp³-hybridized carbons (Fsp3) is 0.833. The first kappa shape index (κ1) is 10.7. The lowest BCUT2D eigenvalue weighted by Crippen LogP contribution is -2.10. The van der Waals surface area contributed by atoms with Gasteiger partial charge in [-0.2, -0.15) is 0 Å². The maximum absolute atomic E-state index is 3.92.